The number of aromatic nitrogens is 2. The molecule has 60 heavy (non-hydrogen) atoms. The molecule has 2 aromatic heterocycles. The van der Waals surface area contributed by atoms with Gasteiger partial charge in [-0.1, -0.05) is 166 Å². The molecule has 8 aromatic rings. The summed E-state index contributed by atoms with van der Waals surface area (Å²) < 4.78 is 0. The van der Waals surface area contributed by atoms with Crippen molar-refractivity contribution in [1.29, 1.82) is 0 Å². The van der Waals surface area contributed by atoms with Gasteiger partial charge in [-0.05, 0) is 141 Å². The Balaban J connectivity index is 1.61. The molecule has 8 rings (SSSR count). The van der Waals surface area contributed by atoms with Crippen LogP contribution in [-0.4, -0.2) is 9.97 Å². The van der Waals surface area contributed by atoms with Crippen LogP contribution in [0.1, 0.15) is 128 Å². The van der Waals surface area contributed by atoms with Crippen LogP contribution in [0.15, 0.2) is 97.1 Å². The molecule has 0 aliphatic rings. The first kappa shape index (κ1) is 41.4. The highest BCUT2D eigenvalue weighted by atomic mass is 14.8. The van der Waals surface area contributed by atoms with Crippen molar-refractivity contribution in [3.05, 3.63) is 142 Å². The lowest BCUT2D eigenvalue weighted by atomic mass is 9.79. The molecular formula is C58H64N2. The summed E-state index contributed by atoms with van der Waals surface area (Å²) in [7, 11) is 0. The predicted octanol–water partition coefficient (Wildman–Crippen LogP) is 16.5. The van der Waals surface area contributed by atoms with Gasteiger partial charge in [0.05, 0.1) is 0 Å². The molecule has 0 fully saturated rings. The van der Waals surface area contributed by atoms with E-state index in [2.05, 4.69) is 208 Å². The quantitative estimate of drug-likeness (QED) is 0.166. The molecule has 2 nitrogen and oxygen atoms in total. The van der Waals surface area contributed by atoms with Gasteiger partial charge < -0.3 is 0 Å². The summed E-state index contributed by atoms with van der Waals surface area (Å²) in [6.07, 6.45) is 0. The van der Waals surface area contributed by atoms with E-state index in [1.165, 1.54) is 99.1 Å². The van der Waals surface area contributed by atoms with Crippen molar-refractivity contribution in [2.75, 3.05) is 0 Å². The van der Waals surface area contributed by atoms with E-state index in [9.17, 15) is 0 Å². The van der Waals surface area contributed by atoms with E-state index in [0.717, 1.165) is 22.8 Å². The number of aryl methyl sites for hydroxylation is 4. The second-order valence-electron chi connectivity index (χ2n) is 22.0. The molecular weight excluding hydrogens is 725 g/mol. The topological polar surface area (TPSA) is 25.8 Å². The lowest BCUT2D eigenvalue weighted by Gasteiger charge is -2.27. The van der Waals surface area contributed by atoms with E-state index < -0.39 is 0 Å². The Labute approximate surface area is 359 Å². The van der Waals surface area contributed by atoms with Gasteiger partial charge in [0.25, 0.3) is 0 Å². The lowest BCUT2D eigenvalue weighted by molar-refractivity contribution is 0.531. The van der Waals surface area contributed by atoms with Crippen molar-refractivity contribution in [2.24, 2.45) is 0 Å². The van der Waals surface area contributed by atoms with Gasteiger partial charge in [0, 0.05) is 44.4 Å². The summed E-state index contributed by atoms with van der Waals surface area (Å²) in [6.45, 7) is 36.2. The zero-order valence-electron chi connectivity index (χ0n) is 39.1. The Kier molecular flexibility index (Phi) is 9.74. The maximum atomic E-state index is 5.31. The van der Waals surface area contributed by atoms with E-state index in [-0.39, 0.29) is 21.7 Å². The Bertz CT molecular complexity index is 2670. The molecule has 0 saturated carbocycles. The Morgan fingerprint density at radius 3 is 0.817 bits per heavy atom. The predicted molar refractivity (Wildman–Crippen MR) is 261 cm³/mol. The molecule has 0 saturated heterocycles. The van der Waals surface area contributed by atoms with Crippen molar-refractivity contribution in [2.45, 2.75) is 132 Å². The van der Waals surface area contributed by atoms with Gasteiger partial charge in [0.15, 0.2) is 0 Å². The fraction of sp³-hybridized carbons (Fsp3) is 0.345. The highest BCUT2D eigenvalue weighted by Gasteiger charge is 2.27. The number of pyridine rings is 2. The van der Waals surface area contributed by atoms with E-state index in [0.29, 0.717) is 0 Å². The Hall–Kier alpha value is -5.34. The van der Waals surface area contributed by atoms with Crippen molar-refractivity contribution < 1.29 is 0 Å². The van der Waals surface area contributed by atoms with Crippen molar-refractivity contribution in [3.8, 4) is 44.5 Å². The Morgan fingerprint density at radius 2 is 0.550 bits per heavy atom. The van der Waals surface area contributed by atoms with E-state index in [1.54, 1.807) is 0 Å². The molecule has 0 N–H and O–H groups in total. The van der Waals surface area contributed by atoms with E-state index in [1.807, 2.05) is 0 Å². The van der Waals surface area contributed by atoms with Gasteiger partial charge >= 0.3 is 0 Å². The number of hydrogen-bond donors (Lipinski definition) is 0. The van der Waals surface area contributed by atoms with Gasteiger partial charge in [0.1, 0.15) is 0 Å². The first-order valence-electron chi connectivity index (χ1n) is 21.9. The normalized spacial score (nSPS) is 13.0. The maximum Gasteiger partial charge on any atom is 0.0466 e. The standard InChI is InChI=1S/C58H64N2/c1-33-21-34(2)24-37(23-33)45-31-47-41(39-27-49(55(5,6)7)59-50(28-39)56(8,9)10)18-20-44-46(38-25-35(3)22-36(4)26-38)32-48-42(17-19-43(45)53(48)54(44)47)40-29-51(57(11,12)13)60-52(30-40)58(14,15)16/h17-32H,1-16H3. The van der Waals surface area contributed by atoms with Gasteiger partial charge in [-0.15, -0.1) is 0 Å². The van der Waals surface area contributed by atoms with Crippen LogP contribution in [0, 0.1) is 27.7 Å². The van der Waals surface area contributed by atoms with Crippen molar-refractivity contribution in [1.82, 2.24) is 9.97 Å². The first-order valence-corrected chi connectivity index (χ1v) is 21.9. The molecule has 0 atom stereocenters. The summed E-state index contributed by atoms with van der Waals surface area (Å²) in [5.74, 6) is 0. The molecule has 2 heterocycles. The minimum absolute atomic E-state index is 0.114. The number of rotatable bonds is 4. The minimum Gasteiger partial charge on any atom is -0.257 e. The molecule has 306 valence electrons. The van der Waals surface area contributed by atoms with Gasteiger partial charge in [0.2, 0.25) is 0 Å². The van der Waals surface area contributed by atoms with Crippen LogP contribution in [0.3, 0.4) is 0 Å². The molecule has 6 aromatic carbocycles. The fourth-order valence-corrected chi connectivity index (χ4v) is 9.12. The number of benzene rings is 6. The molecule has 0 unspecified atom stereocenters. The number of nitrogens with zero attached hydrogens (tertiary/aromatic N) is 2. The highest BCUT2D eigenvalue weighted by molar-refractivity contribution is 6.32. The summed E-state index contributed by atoms with van der Waals surface area (Å²) in [5.41, 5.74) is 19.1. The third kappa shape index (κ3) is 7.53. The summed E-state index contributed by atoms with van der Waals surface area (Å²) >= 11 is 0. The highest BCUT2D eigenvalue weighted by Crippen LogP contribution is 2.50. The minimum atomic E-state index is -0.114. The monoisotopic (exact) mass is 789 g/mol. The zero-order chi connectivity index (χ0) is 43.4. The fourth-order valence-electron chi connectivity index (χ4n) is 9.12. The van der Waals surface area contributed by atoms with Crippen LogP contribution >= 0.6 is 0 Å². The second kappa shape index (κ2) is 14.1. The summed E-state index contributed by atoms with van der Waals surface area (Å²) in [5, 5.41) is 7.74. The van der Waals surface area contributed by atoms with E-state index >= 15 is 0 Å². The molecule has 0 amide bonds. The zero-order valence-corrected chi connectivity index (χ0v) is 39.1. The maximum absolute atomic E-state index is 5.31. The molecule has 0 radical (unpaired) electrons. The first-order chi connectivity index (χ1) is 27.9. The van der Waals surface area contributed by atoms with Crippen molar-refractivity contribution in [3.63, 3.8) is 0 Å². The smallest absolute Gasteiger partial charge is 0.0466 e. The van der Waals surface area contributed by atoms with Crippen LogP contribution < -0.4 is 0 Å². The van der Waals surface area contributed by atoms with Crippen molar-refractivity contribution >= 4 is 32.3 Å². The average molecular weight is 789 g/mol. The summed E-state index contributed by atoms with van der Waals surface area (Å²) in [6, 6.07) is 38.0. The van der Waals surface area contributed by atoms with Gasteiger partial charge in [-0.2, -0.15) is 0 Å². The Morgan fingerprint density at radius 1 is 0.283 bits per heavy atom. The third-order valence-electron chi connectivity index (χ3n) is 12.3. The van der Waals surface area contributed by atoms with E-state index in [4.69, 9.17) is 9.97 Å². The second-order valence-corrected chi connectivity index (χ2v) is 22.0. The SMILES string of the molecule is Cc1cc(C)cc(-c2cc3c(-c4cc(C(C)(C)C)nc(C(C)(C)C)c4)ccc4c(-c5cc(C)cc(C)c5)cc5c(-c6cc(C(C)(C)C)nc(C(C)(C)C)c6)ccc2c5c43)c1. The molecule has 0 aliphatic carbocycles. The van der Waals surface area contributed by atoms with Crippen LogP contribution in [0.25, 0.3) is 76.8 Å². The van der Waals surface area contributed by atoms with Crippen LogP contribution in [0.2, 0.25) is 0 Å². The molecule has 0 aliphatic heterocycles. The van der Waals surface area contributed by atoms with Crippen LogP contribution in [0.4, 0.5) is 0 Å². The molecule has 0 spiro atoms. The van der Waals surface area contributed by atoms with Crippen LogP contribution in [0.5, 0.6) is 0 Å². The largest absolute Gasteiger partial charge is 0.257 e. The third-order valence-corrected chi connectivity index (χ3v) is 12.3. The number of hydrogen-bond acceptors (Lipinski definition) is 2. The van der Waals surface area contributed by atoms with Crippen LogP contribution in [-0.2, 0) is 21.7 Å². The van der Waals surface area contributed by atoms with Gasteiger partial charge in [-0.3, -0.25) is 9.97 Å². The molecule has 2 heteroatoms. The average Bonchev–Trinajstić information content (AvgIpc) is 3.13. The molecule has 0 bridgehead atoms. The van der Waals surface area contributed by atoms with Gasteiger partial charge in [-0.25, -0.2) is 0 Å². The lowest BCUT2D eigenvalue weighted by Crippen LogP contribution is -2.20. The summed E-state index contributed by atoms with van der Waals surface area (Å²) in [4.78, 5) is 10.6.